The van der Waals surface area contributed by atoms with E-state index in [0.717, 1.165) is 47.4 Å². The number of pyridine rings is 1. The Morgan fingerprint density at radius 3 is 2.55 bits per heavy atom. The number of fused-ring (bicyclic) bond motifs is 1. The van der Waals surface area contributed by atoms with Gasteiger partial charge in [-0.15, -0.1) is 0 Å². The largest absolute Gasteiger partial charge is 0.340 e. The molecule has 168 valence electrons. The van der Waals surface area contributed by atoms with E-state index in [2.05, 4.69) is 62.7 Å². The lowest BCUT2D eigenvalue weighted by atomic mass is 10.0. The molecule has 0 saturated carbocycles. The van der Waals surface area contributed by atoms with E-state index in [4.69, 9.17) is 0 Å². The maximum Gasteiger partial charge on any atom is 0.318 e. The van der Waals surface area contributed by atoms with Crippen LogP contribution in [0.25, 0.3) is 33.2 Å². The number of nitrogens with zero attached hydrogens (tertiary/aromatic N) is 3. The number of imidazole rings is 1. The lowest BCUT2D eigenvalue weighted by Gasteiger charge is -2.28. The van der Waals surface area contributed by atoms with Crippen LogP contribution < -0.4 is 5.32 Å². The predicted molar refractivity (Wildman–Crippen MR) is 132 cm³/mol. The fourth-order valence-corrected chi connectivity index (χ4v) is 4.44. The molecule has 1 fully saturated rings. The van der Waals surface area contributed by atoms with Crippen molar-refractivity contribution in [1.82, 2.24) is 25.2 Å². The number of amides is 2. The van der Waals surface area contributed by atoms with Crippen LogP contribution in [0, 0.1) is 0 Å². The number of H-pyrrole nitrogens is 1. The van der Waals surface area contributed by atoms with E-state index in [-0.39, 0.29) is 17.6 Å². The standard InChI is InChI=1S/C27H29N5O/c1-27(2,3)31-26(33)32-14-4-5-24(32)25-29-17-23(30-25)19-8-6-18(7-9-19)20-10-11-22-16-28-13-12-21(22)15-20/h6-13,15-17,24H,4-5,14H2,1-3H3,(H,29,30)(H,31,33). The number of aromatic nitrogens is 3. The summed E-state index contributed by atoms with van der Waals surface area (Å²) >= 11 is 0. The summed E-state index contributed by atoms with van der Waals surface area (Å²) in [6.45, 7) is 6.75. The number of carbonyl (C=O) groups is 1. The van der Waals surface area contributed by atoms with Crippen molar-refractivity contribution in [2.24, 2.45) is 0 Å². The van der Waals surface area contributed by atoms with E-state index < -0.39 is 0 Å². The van der Waals surface area contributed by atoms with Gasteiger partial charge in [-0.3, -0.25) is 4.98 Å². The molecule has 2 aromatic carbocycles. The molecule has 0 spiro atoms. The molecule has 6 heteroatoms. The number of aromatic amines is 1. The summed E-state index contributed by atoms with van der Waals surface area (Å²) in [6, 6.07) is 16.9. The van der Waals surface area contributed by atoms with Crippen molar-refractivity contribution in [1.29, 1.82) is 0 Å². The quantitative estimate of drug-likeness (QED) is 0.415. The van der Waals surface area contributed by atoms with Crippen LogP contribution in [0.4, 0.5) is 4.79 Å². The molecule has 0 aliphatic carbocycles. The molecule has 2 aromatic heterocycles. The summed E-state index contributed by atoms with van der Waals surface area (Å²) in [5, 5.41) is 5.39. The van der Waals surface area contributed by atoms with Crippen molar-refractivity contribution in [3.05, 3.63) is 72.9 Å². The van der Waals surface area contributed by atoms with E-state index >= 15 is 0 Å². The summed E-state index contributed by atoms with van der Waals surface area (Å²) in [6.07, 6.45) is 7.47. The highest BCUT2D eigenvalue weighted by atomic mass is 16.2. The van der Waals surface area contributed by atoms with Crippen molar-refractivity contribution >= 4 is 16.8 Å². The number of urea groups is 1. The molecule has 2 amide bonds. The SMILES string of the molecule is CC(C)(C)NC(=O)N1CCCC1c1ncc(-c2ccc(-c3ccc4cnccc4c3)cc2)[nH]1. The Kier molecular flexibility index (Phi) is 5.36. The zero-order valence-electron chi connectivity index (χ0n) is 19.3. The second kappa shape index (κ2) is 8.35. The van der Waals surface area contributed by atoms with E-state index in [1.165, 1.54) is 10.9 Å². The molecule has 1 aliphatic heterocycles. The molecule has 33 heavy (non-hydrogen) atoms. The monoisotopic (exact) mass is 439 g/mol. The van der Waals surface area contributed by atoms with Gasteiger partial charge in [0.15, 0.2) is 0 Å². The van der Waals surface area contributed by atoms with Crippen LogP contribution in [0.2, 0.25) is 0 Å². The molecular formula is C27H29N5O. The minimum atomic E-state index is -0.262. The Balaban J connectivity index is 1.35. The maximum absolute atomic E-state index is 12.7. The van der Waals surface area contributed by atoms with Crippen molar-refractivity contribution in [3.63, 3.8) is 0 Å². The van der Waals surface area contributed by atoms with E-state index in [0.29, 0.717) is 0 Å². The highest BCUT2D eigenvalue weighted by Crippen LogP contribution is 2.32. The fourth-order valence-electron chi connectivity index (χ4n) is 4.44. The highest BCUT2D eigenvalue weighted by molar-refractivity contribution is 5.86. The van der Waals surface area contributed by atoms with Crippen molar-refractivity contribution in [2.75, 3.05) is 6.54 Å². The third-order valence-corrected chi connectivity index (χ3v) is 6.08. The third-order valence-electron chi connectivity index (χ3n) is 6.08. The van der Waals surface area contributed by atoms with E-state index in [9.17, 15) is 4.79 Å². The Bertz CT molecular complexity index is 1290. The first-order valence-corrected chi connectivity index (χ1v) is 11.5. The van der Waals surface area contributed by atoms with Crippen LogP contribution >= 0.6 is 0 Å². The van der Waals surface area contributed by atoms with Gasteiger partial charge in [-0.25, -0.2) is 9.78 Å². The molecular weight excluding hydrogens is 410 g/mol. The number of hydrogen-bond acceptors (Lipinski definition) is 3. The normalized spacial score (nSPS) is 16.3. The average molecular weight is 440 g/mol. The molecule has 5 rings (SSSR count). The molecule has 3 heterocycles. The molecule has 1 aliphatic rings. The third kappa shape index (κ3) is 4.46. The van der Waals surface area contributed by atoms with Gasteiger partial charge in [-0.1, -0.05) is 36.4 Å². The summed E-state index contributed by atoms with van der Waals surface area (Å²) in [5.74, 6) is 0.846. The van der Waals surface area contributed by atoms with Gasteiger partial charge in [-0.05, 0) is 67.8 Å². The van der Waals surface area contributed by atoms with Gasteiger partial charge in [-0.2, -0.15) is 0 Å². The second-order valence-corrected chi connectivity index (χ2v) is 9.73. The number of rotatable bonds is 3. The molecule has 6 nitrogen and oxygen atoms in total. The smallest absolute Gasteiger partial charge is 0.318 e. The summed E-state index contributed by atoms with van der Waals surface area (Å²) < 4.78 is 0. The van der Waals surface area contributed by atoms with Crippen LogP contribution in [-0.4, -0.2) is 38.0 Å². The lowest BCUT2D eigenvalue weighted by Crippen LogP contribution is -2.48. The van der Waals surface area contributed by atoms with Crippen LogP contribution in [0.3, 0.4) is 0 Å². The fraction of sp³-hybridized carbons (Fsp3) is 0.296. The van der Waals surface area contributed by atoms with Gasteiger partial charge < -0.3 is 15.2 Å². The number of hydrogen-bond donors (Lipinski definition) is 2. The summed E-state index contributed by atoms with van der Waals surface area (Å²) in [5.41, 5.74) is 4.12. The average Bonchev–Trinajstić information content (AvgIpc) is 3.47. The van der Waals surface area contributed by atoms with Gasteiger partial charge in [0.2, 0.25) is 0 Å². The molecule has 0 bridgehead atoms. The van der Waals surface area contributed by atoms with Gasteiger partial charge in [0, 0.05) is 29.9 Å². The van der Waals surface area contributed by atoms with Crippen molar-refractivity contribution in [2.45, 2.75) is 45.2 Å². The van der Waals surface area contributed by atoms with E-state index in [1.807, 2.05) is 50.3 Å². The molecule has 2 N–H and O–H groups in total. The Morgan fingerprint density at radius 2 is 1.76 bits per heavy atom. The van der Waals surface area contributed by atoms with Crippen molar-refractivity contribution < 1.29 is 4.79 Å². The maximum atomic E-state index is 12.7. The first-order chi connectivity index (χ1) is 15.9. The first kappa shape index (κ1) is 21.2. The Labute approximate surface area is 194 Å². The van der Waals surface area contributed by atoms with E-state index in [1.54, 1.807) is 0 Å². The van der Waals surface area contributed by atoms with Crippen LogP contribution in [0.1, 0.15) is 45.5 Å². The van der Waals surface area contributed by atoms with Gasteiger partial charge in [0.05, 0.1) is 17.9 Å². The number of likely N-dealkylation sites (tertiary alicyclic amines) is 1. The minimum absolute atomic E-state index is 0.0209. The predicted octanol–water partition coefficient (Wildman–Crippen LogP) is 5.94. The molecule has 4 aromatic rings. The highest BCUT2D eigenvalue weighted by Gasteiger charge is 2.33. The number of nitrogens with one attached hydrogen (secondary N) is 2. The van der Waals surface area contributed by atoms with Crippen LogP contribution in [0.5, 0.6) is 0 Å². The van der Waals surface area contributed by atoms with Gasteiger partial charge >= 0.3 is 6.03 Å². The van der Waals surface area contributed by atoms with Crippen LogP contribution in [-0.2, 0) is 0 Å². The lowest BCUT2D eigenvalue weighted by molar-refractivity contribution is 0.182. The Morgan fingerprint density at radius 1 is 1.00 bits per heavy atom. The molecule has 0 radical (unpaired) electrons. The minimum Gasteiger partial charge on any atom is -0.340 e. The Hall–Kier alpha value is -3.67. The topological polar surface area (TPSA) is 73.9 Å². The van der Waals surface area contributed by atoms with Gasteiger partial charge in [0.1, 0.15) is 5.82 Å². The molecule has 1 unspecified atom stereocenters. The first-order valence-electron chi connectivity index (χ1n) is 11.5. The molecule has 1 saturated heterocycles. The zero-order valence-corrected chi connectivity index (χ0v) is 19.3. The van der Waals surface area contributed by atoms with Crippen molar-refractivity contribution in [3.8, 4) is 22.4 Å². The number of carbonyl (C=O) groups excluding carboxylic acids is 1. The summed E-state index contributed by atoms with van der Waals surface area (Å²) in [4.78, 5) is 26.9. The van der Waals surface area contributed by atoms with Gasteiger partial charge in [0.25, 0.3) is 0 Å². The second-order valence-electron chi connectivity index (χ2n) is 9.73. The zero-order chi connectivity index (χ0) is 23.0. The number of benzene rings is 2. The summed E-state index contributed by atoms with van der Waals surface area (Å²) in [7, 11) is 0. The molecule has 1 atom stereocenters. The van der Waals surface area contributed by atoms with Crippen LogP contribution in [0.15, 0.2) is 67.1 Å².